The van der Waals surface area contributed by atoms with Gasteiger partial charge in [0.1, 0.15) is 35.2 Å². The van der Waals surface area contributed by atoms with Crippen LogP contribution in [0.4, 0.5) is 55.8 Å². The van der Waals surface area contributed by atoms with Crippen LogP contribution in [0.15, 0.2) is 61.2 Å². The summed E-state index contributed by atoms with van der Waals surface area (Å²) < 4.78 is 130. The van der Waals surface area contributed by atoms with E-state index in [1.165, 1.54) is 25.1 Å². The molecule has 2 aromatic carbocycles. The quantitative estimate of drug-likeness (QED) is 0.0629. The van der Waals surface area contributed by atoms with Crippen LogP contribution in [0.25, 0.3) is 31.5 Å². The second-order valence-electron chi connectivity index (χ2n) is 13.1. The number of fused-ring (bicyclic) bond motifs is 2. The van der Waals surface area contributed by atoms with Crippen LogP contribution in [-0.4, -0.2) is 68.3 Å². The number of nitrogens with one attached hydrogen (secondary N) is 1. The Labute approximate surface area is 389 Å². The van der Waals surface area contributed by atoms with Crippen molar-refractivity contribution in [2.45, 2.75) is 71.9 Å². The first-order valence-electron chi connectivity index (χ1n) is 16.7. The number of hydrogen-bond donors (Lipinski definition) is 3. The largest absolute Gasteiger partial charge is 1.00 e. The van der Waals surface area contributed by atoms with E-state index in [2.05, 4.69) is 50.9 Å². The van der Waals surface area contributed by atoms with E-state index in [1.807, 2.05) is 0 Å². The molecule has 338 valence electrons. The maximum Gasteiger partial charge on any atom is 1.00 e. The Morgan fingerprint density at radius 1 is 0.797 bits per heavy atom. The molecule has 0 bridgehead atoms. The van der Waals surface area contributed by atoms with Crippen molar-refractivity contribution in [1.82, 2.24) is 29.9 Å². The number of hydrogen-bond acceptors (Lipinski definition) is 8. The molecule has 26 heteroatoms. The van der Waals surface area contributed by atoms with Crippen molar-refractivity contribution in [3.05, 3.63) is 119 Å². The van der Waals surface area contributed by atoms with Gasteiger partial charge in [0.2, 0.25) is 11.9 Å². The zero-order valence-electron chi connectivity index (χ0n) is 33.0. The van der Waals surface area contributed by atoms with Gasteiger partial charge in [-0.25, -0.2) is 8.78 Å². The summed E-state index contributed by atoms with van der Waals surface area (Å²) in [6.45, 7) is 15.2. The number of alkyl halides is 7. The van der Waals surface area contributed by atoms with Gasteiger partial charge in [-0.05, 0) is 73.4 Å². The molecule has 0 aliphatic heterocycles. The van der Waals surface area contributed by atoms with E-state index >= 15 is 0 Å². The third kappa shape index (κ3) is 14.0. The van der Waals surface area contributed by atoms with Crippen LogP contribution < -0.4 is 38.7 Å². The monoisotopic (exact) mass is 988 g/mol. The number of H-pyrrole nitrogens is 1. The minimum atomic E-state index is -4.92. The fourth-order valence-corrected chi connectivity index (χ4v) is 5.34. The molecule has 3 N–H and O–H groups in total. The van der Waals surface area contributed by atoms with Gasteiger partial charge in [-0.1, -0.05) is 30.8 Å². The summed E-state index contributed by atoms with van der Waals surface area (Å²) in [6.07, 6.45) is -7.67. The number of aromatic nitrogens is 8. The van der Waals surface area contributed by atoms with Crippen LogP contribution in [0.3, 0.4) is 0 Å². The molecule has 64 heavy (non-hydrogen) atoms. The van der Waals surface area contributed by atoms with Crippen molar-refractivity contribution >= 4 is 61.2 Å². The van der Waals surface area contributed by atoms with Gasteiger partial charge in [-0.3, -0.25) is 29.1 Å². The molecular formula is C38H36BrF10N10NaO4+2. The van der Waals surface area contributed by atoms with Crippen LogP contribution in [0, 0.1) is 36.7 Å². The molecule has 14 nitrogen and oxygen atoms in total. The molecule has 0 aliphatic rings. The van der Waals surface area contributed by atoms with Gasteiger partial charge in [0.25, 0.3) is 0 Å². The fraction of sp³-hybridized carbons (Fsp3) is 0.316. The number of Topliss-reactive ketones (excluding diaryl/α,β-unsaturated/α-hetero) is 2. The van der Waals surface area contributed by atoms with E-state index in [4.69, 9.17) is 13.1 Å². The Bertz CT molecular complexity index is 2700. The molecule has 6 rings (SSSR count). The molecule has 0 radical (unpaired) electrons. The van der Waals surface area contributed by atoms with Crippen molar-refractivity contribution < 1.29 is 104 Å². The average Bonchev–Trinajstić information content (AvgIpc) is 3.70. The van der Waals surface area contributed by atoms with Gasteiger partial charge in [0.15, 0.2) is 24.0 Å². The van der Waals surface area contributed by atoms with Crippen LogP contribution >= 0.6 is 15.9 Å². The summed E-state index contributed by atoms with van der Waals surface area (Å²) in [5, 5.41) is 29.5. The molecular weight excluding hydrogens is 953 g/mol. The molecule has 0 saturated carbocycles. The normalized spacial score (nSPS) is 12.8. The van der Waals surface area contributed by atoms with Gasteiger partial charge < -0.3 is 11.6 Å². The topological polar surface area (TPSA) is 163 Å². The summed E-state index contributed by atoms with van der Waals surface area (Å²) in [5.41, 5.74) is -3.49. The Balaban J connectivity index is 0.00000101. The number of carbonyl (C=O) groups is 2. The summed E-state index contributed by atoms with van der Waals surface area (Å²) in [7, 11) is 0. The average molecular weight is 990 g/mol. The van der Waals surface area contributed by atoms with Gasteiger partial charge in [-0.15, -0.1) is 40.6 Å². The number of aliphatic hydroxyl groups is 2. The molecule has 0 amide bonds. The molecule has 0 unspecified atom stereocenters. The van der Waals surface area contributed by atoms with Crippen LogP contribution in [-0.2, 0) is 41.6 Å². The first kappa shape index (κ1) is 56.6. The van der Waals surface area contributed by atoms with Gasteiger partial charge in [0, 0.05) is 18.2 Å². The Morgan fingerprint density at radius 3 is 1.70 bits per heavy atom. The molecule has 6 aromatic rings. The maximum absolute atomic E-state index is 13.9. The minimum absolute atomic E-state index is 0. The smallest absolute Gasteiger partial charge is 1.00 e. The molecule has 0 saturated heterocycles. The second kappa shape index (κ2) is 22.5. The summed E-state index contributed by atoms with van der Waals surface area (Å²) >= 11 is 2.94. The summed E-state index contributed by atoms with van der Waals surface area (Å²) in [5.74, 6) is -6.08. The first-order valence-corrected chi connectivity index (χ1v) is 17.8. The number of carbonyl (C=O) groups excluding carboxylic acids is 2. The molecule has 0 aliphatic carbocycles. The van der Waals surface area contributed by atoms with E-state index < -0.39 is 90.2 Å². The van der Waals surface area contributed by atoms with Crippen molar-refractivity contribution in [2.24, 2.45) is 0 Å². The number of benzene rings is 2. The van der Waals surface area contributed by atoms with Crippen molar-refractivity contribution in [3.8, 4) is 0 Å². The zero-order valence-corrected chi connectivity index (χ0v) is 35.6. The van der Waals surface area contributed by atoms with Crippen LogP contribution in [0.5, 0.6) is 0 Å². The molecule has 4 aromatic heterocycles. The zero-order chi connectivity index (χ0) is 45.7. The predicted molar refractivity (Wildman–Crippen MR) is 207 cm³/mol. The predicted octanol–water partition coefficient (Wildman–Crippen LogP) is 4.47. The Morgan fingerprint density at radius 2 is 1.25 bits per heavy atom. The standard InChI is InChI=1S/C18H13F5N5O2.C11H10BrF3N3O2.C7H4F2N2.2CH4.Na.H/c1-17(30,9-28-13-4-3-11(19)6-12(13)15(20)26-28)14(29)5-10-7-25-16(24-2)27(8-10)18(21,22)23;1-10(20,6-12)8(19)3-7-4-17-9(16-2)18(5-7)11(13,14)15;8-4-1-2-6-5(3-4)7(9)11-10-6;;;;/h3-4,6-8,30H,5,9H2,1H3;4-5,20H,3,6H2,1H3;1-3H,(H,10,11);2*1H4;;/q2*+1;;;;+1;-1/t17-;10-;;;;;/m00...../s1. The van der Waals surface area contributed by atoms with Crippen LogP contribution in [0.2, 0.25) is 0 Å². The molecule has 2 atom stereocenters. The number of nitrogens with zero attached hydrogens (tertiary/aromatic N) is 9. The Hall–Kier alpha value is -5.44. The van der Waals surface area contributed by atoms with E-state index in [0.717, 1.165) is 42.2 Å². The van der Waals surface area contributed by atoms with E-state index in [1.54, 1.807) is 0 Å². The van der Waals surface area contributed by atoms with Gasteiger partial charge >= 0.3 is 54.1 Å². The first-order chi connectivity index (χ1) is 28.3. The van der Waals surface area contributed by atoms with E-state index in [9.17, 15) is 63.7 Å². The maximum atomic E-state index is 13.9. The number of aromatic amines is 1. The molecule has 4 heterocycles. The van der Waals surface area contributed by atoms with E-state index in [-0.39, 0.29) is 87.7 Å². The second-order valence-corrected chi connectivity index (χ2v) is 13.7. The van der Waals surface area contributed by atoms with Crippen molar-refractivity contribution in [2.75, 3.05) is 5.33 Å². The van der Waals surface area contributed by atoms with Gasteiger partial charge in [-0.2, -0.15) is 13.9 Å². The van der Waals surface area contributed by atoms with Gasteiger partial charge in [0.05, 0.1) is 39.5 Å². The molecule has 0 fully saturated rings. The van der Waals surface area contributed by atoms with E-state index in [0.29, 0.717) is 17.9 Å². The summed E-state index contributed by atoms with van der Waals surface area (Å²) in [4.78, 5) is 36.3. The fourth-order valence-electron chi connectivity index (χ4n) is 5.03. The number of halogens is 11. The van der Waals surface area contributed by atoms with Crippen molar-refractivity contribution in [3.63, 3.8) is 0 Å². The third-order valence-corrected chi connectivity index (χ3v) is 9.34. The number of ketones is 2. The van der Waals surface area contributed by atoms with Crippen molar-refractivity contribution in [1.29, 1.82) is 0 Å². The van der Waals surface area contributed by atoms with Crippen LogP contribution in [0.1, 0.15) is 41.3 Å². The number of rotatable bonds is 9. The summed E-state index contributed by atoms with van der Waals surface area (Å²) in [6, 6.07) is 6.95. The molecule has 0 spiro atoms. The minimum Gasteiger partial charge on any atom is -1.00 e. The third-order valence-electron chi connectivity index (χ3n) is 8.24. The Kier molecular flexibility index (Phi) is 19.8. The SMILES string of the molecule is C.C.Fc1ccc2n[nH]c(F)c2c1.[C-]#[N+]c1ncc(CC(=O)[C@@](C)(O)CBr)c[n+]1C(F)(F)F.[C-]#[N+]c1ncc(CC(=O)[C@@](C)(O)Cn2nc(F)c3cc(F)ccc32)c[n+]1C(F)(F)F.[H-].[Na+].